The lowest BCUT2D eigenvalue weighted by molar-refractivity contribution is 0.0543. The lowest BCUT2D eigenvalue weighted by Gasteiger charge is -2.36. The Hall–Kier alpha value is -1.22. The first-order valence-corrected chi connectivity index (χ1v) is 6.84. The molecule has 0 radical (unpaired) electrons. The number of likely N-dealkylation sites (N-methyl/N-ethyl adjacent to an activating group) is 1. The highest BCUT2D eigenvalue weighted by Gasteiger charge is 2.50. The summed E-state index contributed by atoms with van der Waals surface area (Å²) in [6, 6.07) is 8.38. The van der Waals surface area contributed by atoms with E-state index >= 15 is 0 Å². The maximum Gasteiger partial charge on any atom is 0.142 e. The van der Waals surface area contributed by atoms with E-state index in [9.17, 15) is 0 Å². The zero-order valence-electron chi connectivity index (χ0n) is 11.2. The second-order valence-corrected chi connectivity index (χ2v) is 5.91. The SMILES string of the molecule is CN(C)C1C2CCC(C2)C1Oc1ccccc1N. The zero-order chi connectivity index (χ0) is 12.7. The Morgan fingerprint density at radius 2 is 1.89 bits per heavy atom. The number of nitrogens with two attached hydrogens (primary N) is 1. The van der Waals surface area contributed by atoms with Crippen molar-refractivity contribution >= 4 is 5.69 Å². The Labute approximate surface area is 109 Å². The number of nitrogen functional groups attached to an aromatic ring is 1. The van der Waals surface area contributed by atoms with Crippen LogP contribution in [0.1, 0.15) is 19.3 Å². The Kier molecular flexibility index (Phi) is 2.94. The van der Waals surface area contributed by atoms with Crippen molar-refractivity contribution in [2.45, 2.75) is 31.4 Å². The molecule has 2 bridgehead atoms. The monoisotopic (exact) mass is 246 g/mol. The van der Waals surface area contributed by atoms with E-state index in [-0.39, 0.29) is 0 Å². The number of fused-ring (bicyclic) bond motifs is 2. The highest BCUT2D eigenvalue weighted by molar-refractivity contribution is 5.52. The maximum absolute atomic E-state index is 6.25. The molecule has 98 valence electrons. The van der Waals surface area contributed by atoms with Gasteiger partial charge in [-0.1, -0.05) is 12.1 Å². The molecule has 0 aromatic heterocycles. The Bertz CT molecular complexity index is 432. The van der Waals surface area contributed by atoms with Crippen molar-refractivity contribution in [2.24, 2.45) is 11.8 Å². The molecule has 2 aliphatic carbocycles. The molecule has 0 aliphatic heterocycles. The predicted molar refractivity (Wildman–Crippen MR) is 73.6 cm³/mol. The van der Waals surface area contributed by atoms with Gasteiger partial charge in [0.1, 0.15) is 11.9 Å². The van der Waals surface area contributed by atoms with Gasteiger partial charge in [0.05, 0.1) is 5.69 Å². The minimum absolute atomic E-state index is 0.309. The van der Waals surface area contributed by atoms with Crippen molar-refractivity contribution in [1.82, 2.24) is 4.90 Å². The van der Waals surface area contributed by atoms with Crippen LogP contribution in [-0.2, 0) is 0 Å². The Morgan fingerprint density at radius 1 is 1.17 bits per heavy atom. The first kappa shape index (κ1) is 11.8. The van der Waals surface area contributed by atoms with Crippen LogP contribution < -0.4 is 10.5 Å². The fraction of sp³-hybridized carbons (Fsp3) is 0.600. The molecule has 18 heavy (non-hydrogen) atoms. The van der Waals surface area contributed by atoms with E-state index in [1.54, 1.807) is 0 Å². The van der Waals surface area contributed by atoms with Gasteiger partial charge < -0.3 is 15.4 Å². The quantitative estimate of drug-likeness (QED) is 0.832. The minimum Gasteiger partial charge on any atom is -0.486 e. The van der Waals surface area contributed by atoms with Crippen LogP contribution in [0.2, 0.25) is 0 Å². The molecule has 3 rings (SSSR count). The molecule has 3 nitrogen and oxygen atoms in total. The first-order valence-electron chi connectivity index (χ1n) is 6.84. The molecular formula is C15H22N2O. The van der Waals surface area contributed by atoms with Gasteiger partial charge >= 0.3 is 0 Å². The van der Waals surface area contributed by atoms with Crippen molar-refractivity contribution in [3.8, 4) is 5.75 Å². The van der Waals surface area contributed by atoms with Gasteiger partial charge in [0.15, 0.2) is 0 Å². The van der Waals surface area contributed by atoms with E-state index < -0.39 is 0 Å². The Balaban J connectivity index is 1.81. The molecular weight excluding hydrogens is 224 g/mol. The summed E-state index contributed by atoms with van der Waals surface area (Å²) in [5.41, 5.74) is 6.73. The molecule has 0 spiro atoms. The normalized spacial score (nSPS) is 34.2. The summed E-state index contributed by atoms with van der Waals surface area (Å²) in [5.74, 6) is 2.36. The second-order valence-electron chi connectivity index (χ2n) is 5.91. The van der Waals surface area contributed by atoms with Gasteiger partial charge in [-0.25, -0.2) is 0 Å². The van der Waals surface area contributed by atoms with Gasteiger partial charge in [0.25, 0.3) is 0 Å². The van der Waals surface area contributed by atoms with Crippen molar-refractivity contribution in [2.75, 3.05) is 19.8 Å². The topological polar surface area (TPSA) is 38.5 Å². The van der Waals surface area contributed by atoms with E-state index in [2.05, 4.69) is 19.0 Å². The second kappa shape index (κ2) is 4.47. The largest absolute Gasteiger partial charge is 0.486 e. The number of hydrogen-bond acceptors (Lipinski definition) is 3. The summed E-state index contributed by atoms with van der Waals surface area (Å²) in [7, 11) is 4.33. The zero-order valence-corrected chi connectivity index (χ0v) is 11.2. The lowest BCUT2D eigenvalue weighted by atomic mass is 9.91. The molecule has 1 aromatic carbocycles. The van der Waals surface area contributed by atoms with E-state index in [1.807, 2.05) is 24.3 Å². The molecule has 2 saturated carbocycles. The molecule has 4 unspecified atom stereocenters. The van der Waals surface area contributed by atoms with Gasteiger partial charge in [0, 0.05) is 6.04 Å². The van der Waals surface area contributed by atoms with Gasteiger partial charge in [-0.3, -0.25) is 0 Å². The van der Waals surface area contributed by atoms with Crippen molar-refractivity contribution in [3.63, 3.8) is 0 Å². The van der Waals surface area contributed by atoms with E-state index in [0.717, 1.165) is 17.4 Å². The molecule has 0 heterocycles. The van der Waals surface area contributed by atoms with Crippen LogP contribution in [0.25, 0.3) is 0 Å². The summed E-state index contributed by atoms with van der Waals surface area (Å²) < 4.78 is 6.25. The number of nitrogens with zero attached hydrogens (tertiary/aromatic N) is 1. The number of rotatable bonds is 3. The van der Waals surface area contributed by atoms with Crippen molar-refractivity contribution < 1.29 is 4.74 Å². The highest BCUT2D eigenvalue weighted by Crippen LogP contribution is 2.48. The molecule has 4 atom stereocenters. The average molecular weight is 246 g/mol. The van der Waals surface area contributed by atoms with Gasteiger partial charge in [0.2, 0.25) is 0 Å². The standard InChI is InChI=1S/C15H22N2O/c1-17(2)14-10-7-8-11(9-10)15(14)18-13-6-4-3-5-12(13)16/h3-6,10-11,14-15H,7-9,16H2,1-2H3. The number of benzene rings is 1. The van der Waals surface area contributed by atoms with Crippen molar-refractivity contribution in [1.29, 1.82) is 0 Å². The molecule has 2 fully saturated rings. The summed E-state index contributed by atoms with van der Waals surface area (Å²) in [6.07, 6.45) is 4.30. The number of anilines is 1. The third kappa shape index (κ3) is 1.87. The fourth-order valence-electron chi connectivity index (χ4n) is 3.82. The lowest BCUT2D eigenvalue weighted by Crippen LogP contribution is -2.46. The molecule has 1 aromatic rings. The smallest absolute Gasteiger partial charge is 0.142 e. The van der Waals surface area contributed by atoms with Gasteiger partial charge in [-0.15, -0.1) is 0 Å². The molecule has 0 saturated heterocycles. The summed E-state index contributed by atoms with van der Waals surface area (Å²) in [6.45, 7) is 0. The molecule has 2 N–H and O–H groups in total. The van der Waals surface area contributed by atoms with E-state index in [0.29, 0.717) is 18.1 Å². The van der Waals surface area contributed by atoms with Gasteiger partial charge in [-0.2, -0.15) is 0 Å². The van der Waals surface area contributed by atoms with Crippen molar-refractivity contribution in [3.05, 3.63) is 24.3 Å². The number of para-hydroxylation sites is 2. The first-order chi connectivity index (χ1) is 8.66. The highest BCUT2D eigenvalue weighted by atomic mass is 16.5. The van der Waals surface area contributed by atoms with Crippen LogP contribution in [0.5, 0.6) is 5.75 Å². The van der Waals surface area contributed by atoms with Crippen LogP contribution in [0.4, 0.5) is 5.69 Å². The summed E-state index contributed by atoms with van der Waals surface area (Å²) in [5, 5.41) is 0. The number of hydrogen-bond donors (Lipinski definition) is 1. The van der Waals surface area contributed by atoms with Crippen LogP contribution in [0.3, 0.4) is 0 Å². The summed E-state index contributed by atoms with van der Waals surface area (Å²) >= 11 is 0. The van der Waals surface area contributed by atoms with Crippen LogP contribution in [0.15, 0.2) is 24.3 Å². The molecule has 0 amide bonds. The van der Waals surface area contributed by atoms with Gasteiger partial charge in [-0.05, 0) is 57.3 Å². The van der Waals surface area contributed by atoms with Crippen LogP contribution in [0, 0.1) is 11.8 Å². The minimum atomic E-state index is 0.309. The average Bonchev–Trinajstić information content (AvgIpc) is 2.92. The van der Waals surface area contributed by atoms with E-state index in [4.69, 9.17) is 10.5 Å². The molecule has 2 aliphatic rings. The Morgan fingerprint density at radius 3 is 2.61 bits per heavy atom. The summed E-state index contributed by atoms with van der Waals surface area (Å²) in [4.78, 5) is 2.33. The third-order valence-electron chi connectivity index (χ3n) is 4.58. The maximum atomic E-state index is 6.25. The predicted octanol–water partition coefficient (Wildman–Crippen LogP) is 2.38. The van der Waals surface area contributed by atoms with E-state index in [1.165, 1.54) is 19.3 Å². The number of ether oxygens (including phenoxy) is 1. The van der Waals surface area contributed by atoms with Crippen LogP contribution in [-0.4, -0.2) is 31.1 Å². The third-order valence-corrected chi connectivity index (χ3v) is 4.58. The van der Waals surface area contributed by atoms with Crippen LogP contribution >= 0.6 is 0 Å². The molecule has 3 heteroatoms. The fourth-order valence-corrected chi connectivity index (χ4v) is 3.82.